The number of aromatic nitrogens is 3. The molecule has 34 heavy (non-hydrogen) atoms. The number of fused-ring (bicyclic) bond motifs is 1. The lowest BCUT2D eigenvalue weighted by Crippen LogP contribution is -2.52. The molecule has 0 radical (unpaired) electrons. The zero-order valence-electron chi connectivity index (χ0n) is 19.1. The van der Waals surface area contributed by atoms with Gasteiger partial charge in [-0.15, -0.1) is 12.6 Å². The van der Waals surface area contributed by atoms with Gasteiger partial charge in [-0.05, 0) is 36.1 Å². The van der Waals surface area contributed by atoms with Crippen molar-refractivity contribution in [3.05, 3.63) is 48.4 Å². The lowest BCUT2D eigenvalue weighted by Gasteiger charge is -2.42. The van der Waals surface area contributed by atoms with Crippen LogP contribution in [0.25, 0.3) is 11.0 Å². The zero-order valence-corrected chi connectivity index (χ0v) is 20.0. The van der Waals surface area contributed by atoms with Crippen LogP contribution in [0.4, 0.5) is 10.6 Å². The number of nitriles is 1. The number of amides is 1. The Hall–Kier alpha value is -3.58. The van der Waals surface area contributed by atoms with E-state index in [2.05, 4.69) is 29.5 Å². The van der Waals surface area contributed by atoms with Crippen LogP contribution < -0.4 is 4.90 Å². The molecule has 9 nitrogen and oxygen atoms in total. The third kappa shape index (κ3) is 4.84. The fourth-order valence-electron chi connectivity index (χ4n) is 4.29. The van der Waals surface area contributed by atoms with Crippen molar-refractivity contribution >= 4 is 41.5 Å². The van der Waals surface area contributed by atoms with Gasteiger partial charge in [0.05, 0.1) is 17.5 Å². The highest BCUT2D eigenvalue weighted by Crippen LogP contribution is 2.29. The SMILES string of the molecule is C[C@@H]1CCN(C(=O)CC#N)C[C@@H]1N(C)c1ncnc2c1ccn2C(=O)OCc1ccc(S)cc1. The minimum Gasteiger partial charge on any atom is -0.444 e. The van der Waals surface area contributed by atoms with Crippen molar-refractivity contribution in [1.82, 2.24) is 19.4 Å². The van der Waals surface area contributed by atoms with Crippen LogP contribution in [0.1, 0.15) is 25.3 Å². The van der Waals surface area contributed by atoms with Crippen molar-refractivity contribution in [1.29, 1.82) is 5.26 Å². The number of carbonyl (C=O) groups excluding carboxylic acids is 2. The summed E-state index contributed by atoms with van der Waals surface area (Å²) in [6.45, 7) is 3.44. The molecule has 0 unspecified atom stereocenters. The van der Waals surface area contributed by atoms with Crippen LogP contribution in [0.2, 0.25) is 0 Å². The maximum absolute atomic E-state index is 12.8. The van der Waals surface area contributed by atoms with Crippen LogP contribution in [0.15, 0.2) is 47.8 Å². The normalized spacial score (nSPS) is 17.9. The Kier molecular flexibility index (Phi) is 7.03. The van der Waals surface area contributed by atoms with Crippen LogP contribution in [0.3, 0.4) is 0 Å². The molecule has 0 aliphatic carbocycles. The van der Waals surface area contributed by atoms with Gasteiger partial charge in [-0.2, -0.15) is 5.26 Å². The molecule has 0 spiro atoms. The maximum atomic E-state index is 12.8. The fourth-order valence-corrected chi connectivity index (χ4v) is 4.44. The van der Waals surface area contributed by atoms with Gasteiger partial charge in [0.15, 0.2) is 5.65 Å². The topological polar surface area (TPSA) is 104 Å². The fraction of sp³-hybridized carbons (Fsp3) is 0.375. The summed E-state index contributed by atoms with van der Waals surface area (Å²) >= 11 is 4.26. The molecule has 3 aromatic rings. The highest BCUT2D eigenvalue weighted by atomic mass is 32.1. The molecule has 1 aliphatic heterocycles. The maximum Gasteiger partial charge on any atom is 0.420 e. The molecule has 3 heterocycles. The van der Waals surface area contributed by atoms with E-state index < -0.39 is 6.09 Å². The van der Waals surface area contributed by atoms with Crippen molar-refractivity contribution in [2.45, 2.75) is 37.3 Å². The molecule has 1 aliphatic rings. The van der Waals surface area contributed by atoms with Crippen LogP contribution in [-0.2, 0) is 16.1 Å². The summed E-state index contributed by atoms with van der Waals surface area (Å²) in [5.41, 5.74) is 1.31. The van der Waals surface area contributed by atoms with E-state index in [0.717, 1.165) is 16.9 Å². The molecule has 1 amide bonds. The zero-order chi connectivity index (χ0) is 24.2. The molecule has 176 valence electrons. The van der Waals surface area contributed by atoms with Crippen molar-refractivity contribution in [3.63, 3.8) is 0 Å². The number of likely N-dealkylation sites (N-methyl/N-ethyl adjacent to an activating group) is 1. The molecule has 0 bridgehead atoms. The summed E-state index contributed by atoms with van der Waals surface area (Å²) in [4.78, 5) is 38.5. The molecular formula is C24H26N6O3S. The molecule has 10 heteroatoms. The smallest absolute Gasteiger partial charge is 0.420 e. The molecule has 0 saturated carbocycles. The highest BCUT2D eigenvalue weighted by Gasteiger charge is 2.33. The first-order valence-electron chi connectivity index (χ1n) is 11.0. The quantitative estimate of drug-likeness (QED) is 0.560. The van der Waals surface area contributed by atoms with E-state index in [9.17, 15) is 9.59 Å². The number of hydrogen-bond acceptors (Lipinski definition) is 8. The van der Waals surface area contributed by atoms with Gasteiger partial charge in [0.1, 0.15) is 25.2 Å². The summed E-state index contributed by atoms with van der Waals surface area (Å²) < 4.78 is 6.84. The first-order chi connectivity index (χ1) is 16.4. The average molecular weight is 479 g/mol. The molecule has 2 aromatic heterocycles. The second-order valence-corrected chi connectivity index (χ2v) is 8.98. The Morgan fingerprint density at radius 3 is 2.76 bits per heavy atom. The Bertz CT molecular complexity index is 1240. The number of benzene rings is 1. The van der Waals surface area contributed by atoms with Crippen LogP contribution in [-0.4, -0.2) is 57.6 Å². The van der Waals surface area contributed by atoms with E-state index in [1.807, 2.05) is 42.3 Å². The van der Waals surface area contributed by atoms with Gasteiger partial charge in [-0.1, -0.05) is 19.1 Å². The van der Waals surface area contributed by atoms with Crippen molar-refractivity contribution in [3.8, 4) is 6.07 Å². The molecular weight excluding hydrogens is 452 g/mol. The van der Waals surface area contributed by atoms with Crippen LogP contribution in [0.5, 0.6) is 0 Å². The van der Waals surface area contributed by atoms with E-state index in [4.69, 9.17) is 10.00 Å². The number of piperidine rings is 1. The first kappa shape index (κ1) is 23.6. The Morgan fingerprint density at radius 1 is 1.26 bits per heavy atom. The van der Waals surface area contributed by atoms with E-state index in [0.29, 0.717) is 35.9 Å². The van der Waals surface area contributed by atoms with Gasteiger partial charge < -0.3 is 14.5 Å². The van der Waals surface area contributed by atoms with Gasteiger partial charge in [-0.3, -0.25) is 4.79 Å². The second-order valence-electron chi connectivity index (χ2n) is 8.46. The van der Waals surface area contributed by atoms with Gasteiger partial charge in [0.25, 0.3) is 0 Å². The van der Waals surface area contributed by atoms with E-state index in [-0.39, 0.29) is 25.0 Å². The minimum absolute atomic E-state index is 0.0135. The molecule has 4 rings (SSSR count). The monoisotopic (exact) mass is 478 g/mol. The summed E-state index contributed by atoms with van der Waals surface area (Å²) in [6.07, 6.45) is 3.24. The molecule has 2 atom stereocenters. The number of carbonyl (C=O) groups is 2. The summed E-state index contributed by atoms with van der Waals surface area (Å²) in [5.74, 6) is 0.836. The Labute approximate surface area is 203 Å². The van der Waals surface area contributed by atoms with E-state index in [1.54, 1.807) is 17.2 Å². The molecule has 1 aromatic carbocycles. The van der Waals surface area contributed by atoms with Gasteiger partial charge in [-0.25, -0.2) is 19.3 Å². The number of thiol groups is 1. The average Bonchev–Trinajstić information content (AvgIpc) is 3.28. The minimum atomic E-state index is -0.531. The third-order valence-corrected chi connectivity index (χ3v) is 6.59. The van der Waals surface area contributed by atoms with Crippen LogP contribution >= 0.6 is 12.6 Å². The number of rotatable bonds is 5. The molecule has 0 N–H and O–H groups in total. The lowest BCUT2D eigenvalue weighted by atomic mass is 9.92. The molecule has 1 fully saturated rings. The number of nitrogens with zero attached hydrogens (tertiary/aromatic N) is 6. The number of ether oxygens (including phenoxy) is 1. The second kappa shape index (κ2) is 10.1. The number of anilines is 1. The standard InChI is InChI=1S/C24H26N6O3S/c1-16-8-11-29(21(31)7-10-25)13-20(16)28(2)22-19-9-12-30(23(19)27-15-26-22)24(32)33-14-17-3-5-18(34)6-4-17/h3-6,9,12,15-16,20,34H,7-8,11,13-14H2,1-2H3/t16-,20+/m1/s1. The number of hydrogen-bond donors (Lipinski definition) is 1. The van der Waals surface area contributed by atoms with E-state index >= 15 is 0 Å². The van der Waals surface area contributed by atoms with Crippen molar-refractivity contribution < 1.29 is 14.3 Å². The van der Waals surface area contributed by atoms with Crippen molar-refractivity contribution in [2.75, 3.05) is 25.0 Å². The first-order valence-corrected chi connectivity index (χ1v) is 11.5. The Balaban J connectivity index is 1.53. The highest BCUT2D eigenvalue weighted by molar-refractivity contribution is 7.80. The van der Waals surface area contributed by atoms with Crippen molar-refractivity contribution in [2.24, 2.45) is 5.92 Å². The Morgan fingerprint density at radius 2 is 2.03 bits per heavy atom. The van der Waals surface area contributed by atoms with Gasteiger partial charge in [0, 0.05) is 31.2 Å². The molecule has 1 saturated heterocycles. The summed E-state index contributed by atoms with van der Waals surface area (Å²) in [6, 6.07) is 11.1. The third-order valence-electron chi connectivity index (χ3n) is 6.29. The van der Waals surface area contributed by atoms with Gasteiger partial charge in [0.2, 0.25) is 5.91 Å². The predicted molar refractivity (Wildman–Crippen MR) is 130 cm³/mol. The van der Waals surface area contributed by atoms with Crippen LogP contribution in [0, 0.1) is 17.2 Å². The summed E-state index contributed by atoms with van der Waals surface area (Å²) in [5, 5.41) is 9.60. The predicted octanol–water partition coefficient (Wildman–Crippen LogP) is 3.49. The summed E-state index contributed by atoms with van der Waals surface area (Å²) in [7, 11) is 1.93. The number of likely N-dealkylation sites (tertiary alicyclic amines) is 1. The largest absolute Gasteiger partial charge is 0.444 e. The van der Waals surface area contributed by atoms with Gasteiger partial charge >= 0.3 is 6.09 Å². The lowest BCUT2D eigenvalue weighted by molar-refractivity contribution is -0.131. The van der Waals surface area contributed by atoms with E-state index in [1.165, 1.54) is 10.9 Å².